The zero-order valence-electron chi connectivity index (χ0n) is 16.8. The highest BCUT2D eigenvalue weighted by Gasteiger charge is 2.24. The number of hydrogen-bond acceptors (Lipinski definition) is 2. The van der Waals surface area contributed by atoms with Crippen LogP contribution in [0.25, 0.3) is 22.3 Å². The van der Waals surface area contributed by atoms with Crippen molar-refractivity contribution in [2.24, 2.45) is 7.05 Å². The molecule has 1 N–H and O–H groups in total. The van der Waals surface area contributed by atoms with E-state index in [1.54, 1.807) is 14.0 Å². The van der Waals surface area contributed by atoms with Crippen LogP contribution < -0.4 is 5.32 Å². The number of aromatic nitrogens is 2. The number of rotatable bonds is 4. The van der Waals surface area contributed by atoms with E-state index < -0.39 is 34.8 Å². The first-order chi connectivity index (χ1) is 15.2. The third-order valence-corrected chi connectivity index (χ3v) is 5.43. The number of halogens is 6. The minimum Gasteiger partial charge on any atom is -0.335 e. The van der Waals surface area contributed by atoms with Gasteiger partial charge in [0.05, 0.1) is 5.69 Å². The SMILES string of the molecule is Cc1nn(C)c(Nc2c(F)cc(Br)cc2F)c1-c1ccc(F)c(F)c1-c1ccc(F)cc1. The molecular weight excluding hydrogens is 493 g/mol. The fourth-order valence-corrected chi connectivity index (χ4v) is 3.96. The molecule has 4 aromatic rings. The summed E-state index contributed by atoms with van der Waals surface area (Å²) in [6.07, 6.45) is 0. The van der Waals surface area contributed by atoms with Gasteiger partial charge in [-0.3, -0.25) is 4.68 Å². The van der Waals surface area contributed by atoms with Crippen LogP contribution in [0.1, 0.15) is 5.69 Å². The van der Waals surface area contributed by atoms with Crippen LogP contribution in [0.2, 0.25) is 0 Å². The van der Waals surface area contributed by atoms with Gasteiger partial charge in [-0.05, 0) is 48.4 Å². The third-order valence-electron chi connectivity index (χ3n) is 4.97. The number of nitrogens with one attached hydrogen (secondary N) is 1. The minimum atomic E-state index is -1.13. The van der Waals surface area contributed by atoms with E-state index in [-0.39, 0.29) is 27.0 Å². The zero-order valence-corrected chi connectivity index (χ0v) is 18.4. The molecule has 0 unspecified atom stereocenters. The predicted octanol–water partition coefficient (Wildman–Crippen LogP) is 7.26. The molecule has 0 bridgehead atoms. The molecule has 9 heteroatoms. The van der Waals surface area contributed by atoms with E-state index in [2.05, 4.69) is 26.3 Å². The summed E-state index contributed by atoms with van der Waals surface area (Å²) in [4.78, 5) is 0. The highest BCUT2D eigenvalue weighted by molar-refractivity contribution is 9.10. The smallest absolute Gasteiger partial charge is 0.167 e. The lowest BCUT2D eigenvalue weighted by Crippen LogP contribution is -2.04. The summed E-state index contributed by atoms with van der Waals surface area (Å²) >= 11 is 3.03. The van der Waals surface area contributed by atoms with Crippen LogP contribution in [0.5, 0.6) is 0 Å². The standard InChI is InChI=1S/C23H15BrF5N3/c1-11-19(23(32(2)31-11)30-22-17(27)9-13(24)10-18(22)28)15-7-8-16(26)21(29)20(15)12-3-5-14(25)6-4-12/h3-10,30H,1-2H3. The fraction of sp³-hybridized carbons (Fsp3) is 0.0870. The Kier molecular flexibility index (Phi) is 5.77. The van der Waals surface area contributed by atoms with E-state index in [0.29, 0.717) is 11.3 Å². The summed E-state index contributed by atoms with van der Waals surface area (Å²) in [5.74, 6) is -4.31. The molecule has 0 saturated carbocycles. The summed E-state index contributed by atoms with van der Waals surface area (Å²) in [6.45, 7) is 1.63. The van der Waals surface area contributed by atoms with Crippen molar-refractivity contribution >= 4 is 27.4 Å². The second-order valence-electron chi connectivity index (χ2n) is 7.09. The first-order valence-electron chi connectivity index (χ1n) is 9.37. The Balaban J connectivity index is 1.95. The van der Waals surface area contributed by atoms with Crippen LogP contribution in [0.4, 0.5) is 33.5 Å². The highest BCUT2D eigenvalue weighted by atomic mass is 79.9. The van der Waals surface area contributed by atoms with Crippen molar-refractivity contribution in [1.82, 2.24) is 9.78 Å². The lowest BCUT2D eigenvalue weighted by molar-refractivity contribution is 0.511. The summed E-state index contributed by atoms with van der Waals surface area (Å²) < 4.78 is 73.0. The van der Waals surface area contributed by atoms with E-state index in [0.717, 1.165) is 30.3 Å². The van der Waals surface area contributed by atoms with Crippen LogP contribution in [0.15, 0.2) is 53.0 Å². The van der Waals surface area contributed by atoms with Crippen molar-refractivity contribution in [2.75, 3.05) is 5.32 Å². The van der Waals surface area contributed by atoms with Crippen LogP contribution >= 0.6 is 15.9 Å². The quantitative estimate of drug-likeness (QED) is 0.294. The third kappa shape index (κ3) is 3.88. The Labute approximate surface area is 188 Å². The van der Waals surface area contributed by atoms with Gasteiger partial charge in [0.15, 0.2) is 23.3 Å². The Hall–Kier alpha value is -3.20. The van der Waals surface area contributed by atoms with Crippen molar-refractivity contribution in [1.29, 1.82) is 0 Å². The molecule has 0 radical (unpaired) electrons. The maximum Gasteiger partial charge on any atom is 0.167 e. The first kappa shape index (κ1) is 22.0. The molecule has 1 aromatic heterocycles. The number of hydrogen-bond donors (Lipinski definition) is 1. The van der Waals surface area contributed by atoms with Crippen molar-refractivity contribution in [3.8, 4) is 22.3 Å². The maximum atomic E-state index is 15.0. The van der Waals surface area contributed by atoms with Crippen LogP contribution in [-0.4, -0.2) is 9.78 Å². The molecule has 0 saturated heterocycles. The average Bonchev–Trinajstić information content (AvgIpc) is 3.00. The second-order valence-corrected chi connectivity index (χ2v) is 8.01. The molecule has 3 nitrogen and oxygen atoms in total. The van der Waals surface area contributed by atoms with E-state index >= 15 is 0 Å². The number of benzene rings is 3. The van der Waals surface area contributed by atoms with E-state index in [1.165, 1.54) is 22.9 Å². The Morgan fingerprint density at radius 2 is 1.47 bits per heavy atom. The van der Waals surface area contributed by atoms with Gasteiger partial charge in [0.2, 0.25) is 0 Å². The minimum absolute atomic E-state index is 0.124. The normalized spacial score (nSPS) is 11.1. The Morgan fingerprint density at radius 3 is 2.09 bits per heavy atom. The molecule has 0 aliphatic rings. The second kappa shape index (κ2) is 8.38. The van der Waals surface area contributed by atoms with Gasteiger partial charge >= 0.3 is 0 Å². The molecule has 1 heterocycles. The van der Waals surface area contributed by atoms with E-state index in [9.17, 15) is 22.0 Å². The average molecular weight is 508 g/mol. The molecule has 32 heavy (non-hydrogen) atoms. The van der Waals surface area contributed by atoms with Gasteiger partial charge < -0.3 is 5.32 Å². The van der Waals surface area contributed by atoms with Crippen molar-refractivity contribution < 1.29 is 22.0 Å². The van der Waals surface area contributed by atoms with Gasteiger partial charge in [0.1, 0.15) is 17.3 Å². The van der Waals surface area contributed by atoms with Gasteiger partial charge in [-0.1, -0.05) is 34.1 Å². The molecule has 0 aliphatic carbocycles. The molecule has 0 fully saturated rings. The first-order valence-corrected chi connectivity index (χ1v) is 10.2. The van der Waals surface area contributed by atoms with Gasteiger partial charge in [-0.25, -0.2) is 22.0 Å². The number of nitrogens with zero attached hydrogens (tertiary/aromatic N) is 2. The van der Waals surface area contributed by atoms with Crippen molar-refractivity contribution in [3.63, 3.8) is 0 Å². The molecule has 0 spiro atoms. The van der Waals surface area contributed by atoms with Crippen molar-refractivity contribution in [2.45, 2.75) is 6.92 Å². The van der Waals surface area contributed by atoms with Gasteiger partial charge in [0.25, 0.3) is 0 Å². The summed E-state index contributed by atoms with van der Waals surface area (Å²) in [5.41, 5.74) is 0.620. The van der Waals surface area contributed by atoms with E-state index in [4.69, 9.17) is 0 Å². The largest absolute Gasteiger partial charge is 0.335 e. The molecule has 0 atom stereocenters. The maximum absolute atomic E-state index is 15.0. The Morgan fingerprint density at radius 1 is 0.844 bits per heavy atom. The molecule has 4 rings (SSSR count). The summed E-state index contributed by atoms with van der Waals surface area (Å²) in [5, 5.41) is 6.98. The number of aryl methyl sites for hydroxylation is 2. The lowest BCUT2D eigenvalue weighted by Gasteiger charge is -2.16. The van der Waals surface area contributed by atoms with E-state index in [1.807, 2.05) is 0 Å². The van der Waals surface area contributed by atoms with Crippen molar-refractivity contribution in [3.05, 3.63) is 87.8 Å². The zero-order chi connectivity index (χ0) is 23.2. The van der Waals surface area contributed by atoms with Crippen LogP contribution in [0.3, 0.4) is 0 Å². The van der Waals surface area contributed by atoms with Crippen LogP contribution in [0, 0.1) is 36.0 Å². The van der Waals surface area contributed by atoms with Gasteiger partial charge in [-0.2, -0.15) is 5.10 Å². The lowest BCUT2D eigenvalue weighted by atomic mass is 9.93. The topological polar surface area (TPSA) is 29.9 Å². The predicted molar refractivity (Wildman–Crippen MR) is 116 cm³/mol. The Bertz CT molecular complexity index is 1310. The molecular formula is C23H15BrF5N3. The molecule has 3 aromatic carbocycles. The molecule has 0 aliphatic heterocycles. The number of anilines is 2. The monoisotopic (exact) mass is 507 g/mol. The van der Waals surface area contributed by atoms with Gasteiger partial charge in [0, 0.05) is 22.6 Å². The molecule has 164 valence electrons. The highest BCUT2D eigenvalue weighted by Crippen LogP contribution is 2.41. The van der Waals surface area contributed by atoms with Gasteiger partial charge in [-0.15, -0.1) is 0 Å². The molecule has 0 amide bonds. The van der Waals surface area contributed by atoms with Crippen LogP contribution in [-0.2, 0) is 7.05 Å². The summed E-state index contributed by atoms with van der Waals surface area (Å²) in [7, 11) is 1.55. The summed E-state index contributed by atoms with van der Waals surface area (Å²) in [6, 6.07) is 9.39. The fourth-order valence-electron chi connectivity index (χ4n) is 3.56.